The summed E-state index contributed by atoms with van der Waals surface area (Å²) in [5.41, 5.74) is 5.94. The topological polar surface area (TPSA) is 72.8 Å². The Hall–Kier alpha value is -2.64. The van der Waals surface area contributed by atoms with Crippen LogP contribution in [-0.2, 0) is 11.2 Å². The Balaban J connectivity index is 1.46. The molecule has 2 aromatic carbocycles. The lowest BCUT2D eigenvalue weighted by molar-refractivity contribution is -0.136. The van der Waals surface area contributed by atoms with Crippen LogP contribution in [0.2, 0.25) is 0 Å². The first kappa shape index (κ1) is 30.9. The van der Waals surface area contributed by atoms with Crippen LogP contribution in [0.3, 0.4) is 0 Å². The van der Waals surface area contributed by atoms with Crippen LogP contribution in [0.4, 0.5) is 0 Å². The highest BCUT2D eigenvalue weighted by Gasteiger charge is 2.28. The Kier molecular flexibility index (Phi) is 11.6. The standard InChI is InChI=1S/C33H44N2O3S/c1-6-9-28-19-25(18-26(28)7-2)21-33(3,4)34-22-30(36)23-35(5)39-31-11-8-10-29(20-31)27-15-12-24(13-16-27)14-17-32(37)38/h6-13,15-16,20,25,30,34,36H,2,14,17-19,21-23H2,1,3-5H3,(H,37,38)/b9-6-. The van der Waals surface area contributed by atoms with Crippen LogP contribution in [0.25, 0.3) is 11.1 Å². The number of aliphatic carboxylic acids is 1. The SMILES string of the molecule is C=CC1=C(/C=C\C)CC(CC(C)(C)NCC(O)CN(C)Sc2cccc(-c3ccc(CCC(=O)O)cc3)c2)C1. The molecular formula is C33H44N2O3S. The van der Waals surface area contributed by atoms with Gasteiger partial charge in [0.25, 0.3) is 0 Å². The number of carboxylic acids is 1. The molecule has 0 fully saturated rings. The smallest absolute Gasteiger partial charge is 0.303 e. The van der Waals surface area contributed by atoms with Crippen molar-refractivity contribution in [2.24, 2.45) is 5.92 Å². The van der Waals surface area contributed by atoms with Crippen LogP contribution in [0, 0.1) is 5.92 Å². The maximum atomic E-state index is 10.8. The van der Waals surface area contributed by atoms with E-state index in [0.29, 0.717) is 25.4 Å². The molecule has 0 aromatic heterocycles. The van der Waals surface area contributed by atoms with Crippen molar-refractivity contribution in [1.82, 2.24) is 9.62 Å². The molecule has 1 aliphatic rings. The van der Waals surface area contributed by atoms with Gasteiger partial charge in [0.05, 0.1) is 6.10 Å². The van der Waals surface area contributed by atoms with E-state index in [9.17, 15) is 9.90 Å². The van der Waals surface area contributed by atoms with Gasteiger partial charge < -0.3 is 15.5 Å². The summed E-state index contributed by atoms with van der Waals surface area (Å²) in [5.74, 6) is -0.185. The fraction of sp³-hybridized carbons (Fsp3) is 0.424. The minimum atomic E-state index is -0.778. The lowest BCUT2D eigenvalue weighted by Gasteiger charge is -2.31. The van der Waals surface area contributed by atoms with Crippen molar-refractivity contribution in [1.29, 1.82) is 0 Å². The largest absolute Gasteiger partial charge is 0.481 e. The van der Waals surface area contributed by atoms with Gasteiger partial charge in [-0.15, -0.1) is 0 Å². The van der Waals surface area contributed by atoms with Gasteiger partial charge >= 0.3 is 5.97 Å². The molecule has 0 saturated carbocycles. The van der Waals surface area contributed by atoms with Crippen molar-refractivity contribution in [2.45, 2.75) is 69.4 Å². The second-order valence-corrected chi connectivity index (χ2v) is 12.4. The van der Waals surface area contributed by atoms with Gasteiger partial charge in [0.15, 0.2) is 0 Å². The molecule has 3 N–H and O–H groups in total. The lowest BCUT2D eigenvalue weighted by Crippen LogP contribution is -2.46. The summed E-state index contributed by atoms with van der Waals surface area (Å²) in [7, 11) is 2.01. The highest BCUT2D eigenvalue weighted by Crippen LogP contribution is 2.37. The normalized spacial score (nSPS) is 16.8. The fourth-order valence-corrected chi connectivity index (χ4v) is 6.23. The van der Waals surface area contributed by atoms with Gasteiger partial charge in [0, 0.05) is 29.9 Å². The molecule has 0 amide bonds. The van der Waals surface area contributed by atoms with Crippen LogP contribution in [0.5, 0.6) is 0 Å². The van der Waals surface area contributed by atoms with E-state index >= 15 is 0 Å². The third kappa shape index (κ3) is 10.1. The molecule has 5 nitrogen and oxygen atoms in total. The zero-order valence-corrected chi connectivity index (χ0v) is 24.6. The second-order valence-electron chi connectivity index (χ2n) is 11.2. The van der Waals surface area contributed by atoms with Crippen molar-refractivity contribution in [2.75, 3.05) is 20.1 Å². The van der Waals surface area contributed by atoms with Crippen LogP contribution in [0.15, 0.2) is 89.4 Å². The van der Waals surface area contributed by atoms with Gasteiger partial charge in [-0.2, -0.15) is 0 Å². The molecule has 0 saturated heterocycles. The summed E-state index contributed by atoms with van der Waals surface area (Å²) in [6, 6.07) is 16.4. The summed E-state index contributed by atoms with van der Waals surface area (Å²) < 4.78 is 2.08. The molecule has 2 atom stereocenters. The Morgan fingerprint density at radius 3 is 2.56 bits per heavy atom. The van der Waals surface area contributed by atoms with Crippen LogP contribution in [-0.4, -0.2) is 52.3 Å². The highest BCUT2D eigenvalue weighted by atomic mass is 32.2. The first-order valence-electron chi connectivity index (χ1n) is 13.8. The Labute approximate surface area is 238 Å². The van der Waals surface area contributed by atoms with E-state index in [1.54, 1.807) is 11.9 Å². The van der Waals surface area contributed by atoms with Crippen LogP contribution >= 0.6 is 11.9 Å². The number of aliphatic hydroxyl groups excluding tert-OH is 1. The summed E-state index contributed by atoms with van der Waals surface area (Å²) >= 11 is 1.62. The van der Waals surface area contributed by atoms with Crippen molar-refractivity contribution in [3.8, 4) is 11.1 Å². The monoisotopic (exact) mass is 548 g/mol. The molecule has 210 valence electrons. The van der Waals surface area contributed by atoms with Gasteiger partial charge in [0.1, 0.15) is 0 Å². The minimum Gasteiger partial charge on any atom is -0.481 e. The number of aryl methyl sites for hydroxylation is 1. The molecule has 0 heterocycles. The summed E-state index contributed by atoms with van der Waals surface area (Å²) in [6.45, 7) is 11.6. The maximum absolute atomic E-state index is 10.8. The molecular weight excluding hydrogens is 504 g/mol. The third-order valence-corrected chi connectivity index (χ3v) is 8.06. The maximum Gasteiger partial charge on any atom is 0.303 e. The number of nitrogens with zero attached hydrogens (tertiary/aromatic N) is 1. The number of rotatable bonds is 15. The van der Waals surface area contributed by atoms with Crippen LogP contribution in [0.1, 0.15) is 52.0 Å². The van der Waals surface area contributed by atoms with Crippen molar-refractivity contribution >= 4 is 17.9 Å². The molecule has 3 rings (SSSR count). The molecule has 0 bridgehead atoms. The number of carbonyl (C=O) groups is 1. The van der Waals surface area contributed by atoms with Gasteiger partial charge in [-0.1, -0.05) is 61.2 Å². The minimum absolute atomic E-state index is 0.0630. The predicted molar refractivity (Wildman–Crippen MR) is 164 cm³/mol. The van der Waals surface area contributed by atoms with Gasteiger partial charge in [0.2, 0.25) is 0 Å². The first-order chi connectivity index (χ1) is 18.6. The molecule has 0 spiro atoms. The predicted octanol–water partition coefficient (Wildman–Crippen LogP) is 6.90. The Morgan fingerprint density at radius 1 is 1.18 bits per heavy atom. The van der Waals surface area contributed by atoms with Crippen molar-refractivity contribution < 1.29 is 15.0 Å². The molecule has 2 unspecified atom stereocenters. The van der Waals surface area contributed by atoms with E-state index in [-0.39, 0.29) is 12.0 Å². The molecule has 1 aliphatic carbocycles. The zero-order chi connectivity index (χ0) is 28.4. The van der Waals surface area contributed by atoms with Gasteiger partial charge in [-0.25, -0.2) is 4.31 Å². The highest BCUT2D eigenvalue weighted by molar-refractivity contribution is 7.97. The number of benzene rings is 2. The van der Waals surface area contributed by atoms with E-state index in [1.807, 2.05) is 43.5 Å². The van der Waals surface area contributed by atoms with E-state index in [4.69, 9.17) is 5.11 Å². The third-order valence-electron chi connectivity index (χ3n) is 7.14. The number of allylic oxidation sites excluding steroid dienone is 5. The summed E-state index contributed by atoms with van der Waals surface area (Å²) in [4.78, 5) is 11.9. The number of hydrogen-bond acceptors (Lipinski definition) is 5. The summed E-state index contributed by atoms with van der Waals surface area (Å²) in [5, 5.41) is 23.3. The fourth-order valence-electron chi connectivity index (χ4n) is 5.31. The number of aliphatic hydroxyl groups is 1. The van der Waals surface area contributed by atoms with E-state index in [0.717, 1.165) is 40.8 Å². The van der Waals surface area contributed by atoms with E-state index in [1.165, 1.54) is 11.1 Å². The van der Waals surface area contributed by atoms with Crippen molar-refractivity contribution in [3.05, 3.63) is 90.0 Å². The zero-order valence-electron chi connectivity index (χ0n) is 23.8. The van der Waals surface area contributed by atoms with Crippen molar-refractivity contribution in [3.63, 3.8) is 0 Å². The number of likely N-dealkylation sites (N-methyl/N-ethyl adjacent to an activating group) is 1. The molecule has 39 heavy (non-hydrogen) atoms. The second kappa shape index (κ2) is 14.7. The number of hydrogen-bond donors (Lipinski definition) is 3. The summed E-state index contributed by atoms with van der Waals surface area (Å²) in [6.07, 6.45) is 9.74. The number of carboxylic acid groups (broad SMARTS) is 1. The number of nitrogens with one attached hydrogen (secondary N) is 1. The van der Waals surface area contributed by atoms with E-state index < -0.39 is 12.1 Å². The Bertz CT molecular complexity index is 1170. The first-order valence-corrected chi connectivity index (χ1v) is 14.6. The Morgan fingerprint density at radius 2 is 1.90 bits per heavy atom. The van der Waals surface area contributed by atoms with Gasteiger partial charge in [-0.3, -0.25) is 4.79 Å². The number of β-amino-alcohol motifs (C(OH)–C–C–N with tert-alkyl or cyclic N) is 1. The van der Waals surface area contributed by atoms with E-state index in [2.05, 4.69) is 67.3 Å². The molecule has 6 heteroatoms. The quantitative estimate of drug-likeness (QED) is 0.210. The lowest BCUT2D eigenvalue weighted by atomic mass is 9.88. The average molecular weight is 549 g/mol. The average Bonchev–Trinajstić information content (AvgIpc) is 3.27. The van der Waals surface area contributed by atoms with Gasteiger partial charge in [-0.05, 0) is 111 Å². The molecule has 0 radical (unpaired) electrons. The molecule has 2 aromatic rings. The van der Waals surface area contributed by atoms with Crippen LogP contribution < -0.4 is 5.32 Å². The molecule has 0 aliphatic heterocycles.